The minimum Gasteiger partial charge on any atom is -0.481 e. The van der Waals surface area contributed by atoms with Gasteiger partial charge in [-0.25, -0.2) is 4.98 Å². The lowest BCUT2D eigenvalue weighted by Gasteiger charge is -2.00. The Balaban J connectivity index is 2.09. The van der Waals surface area contributed by atoms with Crippen LogP contribution in [0, 0.1) is 0 Å². The Labute approximate surface area is 112 Å². The van der Waals surface area contributed by atoms with Crippen molar-refractivity contribution in [1.82, 2.24) is 4.98 Å². The molecule has 0 aliphatic rings. The van der Waals surface area contributed by atoms with Crippen molar-refractivity contribution in [2.24, 2.45) is 0 Å². The van der Waals surface area contributed by atoms with E-state index < -0.39 is 5.97 Å². The van der Waals surface area contributed by atoms with Crippen LogP contribution in [0.25, 0.3) is 11.5 Å². The summed E-state index contributed by atoms with van der Waals surface area (Å²) in [6.07, 6.45) is 4.72. The van der Waals surface area contributed by atoms with Crippen LogP contribution in [-0.2, 0) is 17.6 Å². The van der Waals surface area contributed by atoms with Gasteiger partial charge in [0, 0.05) is 5.56 Å². The first kappa shape index (κ1) is 13.3. The standard InChI is InChI=1S/C15H17NO3/c1-2-3-4-11-5-7-12(8-6-11)15-16-13(10-19-15)9-14(17)18/h5-8,10H,2-4,9H2,1H3,(H,17,18). The predicted octanol–water partition coefficient (Wildman–Crippen LogP) is 3.31. The number of nitrogens with zero attached hydrogens (tertiary/aromatic N) is 1. The van der Waals surface area contributed by atoms with Crippen LogP contribution in [0.15, 0.2) is 34.9 Å². The number of hydrogen-bond acceptors (Lipinski definition) is 3. The van der Waals surface area contributed by atoms with Crippen molar-refractivity contribution < 1.29 is 14.3 Å². The number of carboxylic acids is 1. The zero-order valence-corrected chi connectivity index (χ0v) is 10.9. The van der Waals surface area contributed by atoms with Crippen molar-refractivity contribution in [2.75, 3.05) is 0 Å². The maximum absolute atomic E-state index is 10.6. The number of hydrogen-bond donors (Lipinski definition) is 1. The molecule has 0 unspecified atom stereocenters. The second kappa shape index (κ2) is 6.18. The highest BCUT2D eigenvalue weighted by molar-refractivity contribution is 5.69. The topological polar surface area (TPSA) is 63.3 Å². The molecule has 1 aromatic carbocycles. The molecule has 2 rings (SSSR count). The van der Waals surface area contributed by atoms with Gasteiger partial charge in [0.25, 0.3) is 0 Å². The monoisotopic (exact) mass is 259 g/mol. The minimum atomic E-state index is -0.908. The molecule has 0 amide bonds. The molecule has 1 heterocycles. The van der Waals surface area contributed by atoms with Gasteiger partial charge in [0.2, 0.25) is 5.89 Å². The third kappa shape index (κ3) is 3.68. The van der Waals surface area contributed by atoms with Crippen molar-refractivity contribution in [3.05, 3.63) is 41.8 Å². The molecule has 1 aromatic heterocycles. The predicted molar refractivity (Wildman–Crippen MR) is 71.9 cm³/mol. The van der Waals surface area contributed by atoms with Gasteiger partial charge in [0.1, 0.15) is 6.26 Å². The van der Waals surface area contributed by atoms with Gasteiger partial charge in [-0.2, -0.15) is 0 Å². The Hall–Kier alpha value is -2.10. The number of oxazole rings is 1. The number of aryl methyl sites for hydroxylation is 1. The zero-order chi connectivity index (χ0) is 13.7. The first-order chi connectivity index (χ1) is 9.19. The number of benzene rings is 1. The van der Waals surface area contributed by atoms with Crippen LogP contribution in [0.5, 0.6) is 0 Å². The quantitative estimate of drug-likeness (QED) is 0.864. The van der Waals surface area contributed by atoms with Crippen LogP contribution in [0.2, 0.25) is 0 Å². The van der Waals surface area contributed by atoms with Crippen LogP contribution < -0.4 is 0 Å². The number of carboxylic acid groups (broad SMARTS) is 1. The summed E-state index contributed by atoms with van der Waals surface area (Å²) < 4.78 is 5.30. The second-order valence-electron chi connectivity index (χ2n) is 4.51. The maximum atomic E-state index is 10.6. The van der Waals surface area contributed by atoms with Crippen molar-refractivity contribution in [3.63, 3.8) is 0 Å². The average molecular weight is 259 g/mol. The summed E-state index contributed by atoms with van der Waals surface area (Å²) in [7, 11) is 0. The summed E-state index contributed by atoms with van der Waals surface area (Å²) in [5.41, 5.74) is 2.61. The summed E-state index contributed by atoms with van der Waals surface area (Å²) in [6.45, 7) is 2.17. The fourth-order valence-corrected chi connectivity index (χ4v) is 1.87. The molecule has 0 saturated heterocycles. The maximum Gasteiger partial charge on any atom is 0.309 e. The SMILES string of the molecule is CCCCc1ccc(-c2nc(CC(=O)O)co2)cc1. The molecule has 0 spiro atoms. The van der Waals surface area contributed by atoms with Crippen molar-refractivity contribution in [3.8, 4) is 11.5 Å². The van der Waals surface area contributed by atoms with E-state index in [1.165, 1.54) is 24.7 Å². The lowest BCUT2D eigenvalue weighted by molar-refractivity contribution is -0.136. The van der Waals surface area contributed by atoms with E-state index in [0.717, 1.165) is 12.0 Å². The van der Waals surface area contributed by atoms with E-state index in [4.69, 9.17) is 9.52 Å². The number of aliphatic carboxylic acids is 1. The Morgan fingerprint density at radius 1 is 1.32 bits per heavy atom. The van der Waals surface area contributed by atoms with Gasteiger partial charge < -0.3 is 9.52 Å². The molecule has 2 aromatic rings. The molecule has 19 heavy (non-hydrogen) atoms. The Morgan fingerprint density at radius 2 is 2.05 bits per heavy atom. The number of unbranched alkanes of at least 4 members (excludes halogenated alkanes) is 1. The van der Waals surface area contributed by atoms with Crippen LogP contribution in [0.3, 0.4) is 0 Å². The summed E-state index contributed by atoms with van der Waals surface area (Å²) in [6, 6.07) is 8.04. The molecule has 0 saturated carbocycles. The summed E-state index contributed by atoms with van der Waals surface area (Å²) in [4.78, 5) is 14.7. The average Bonchev–Trinajstić information content (AvgIpc) is 2.84. The Bertz CT molecular complexity index is 543. The van der Waals surface area contributed by atoms with Crippen LogP contribution >= 0.6 is 0 Å². The highest BCUT2D eigenvalue weighted by Gasteiger charge is 2.09. The summed E-state index contributed by atoms with van der Waals surface area (Å²) in [5.74, 6) is -0.437. The van der Waals surface area contributed by atoms with Crippen LogP contribution in [0.4, 0.5) is 0 Å². The van der Waals surface area contributed by atoms with E-state index in [2.05, 4.69) is 24.0 Å². The Morgan fingerprint density at radius 3 is 2.68 bits per heavy atom. The molecular formula is C15H17NO3. The molecule has 100 valence electrons. The van der Waals surface area contributed by atoms with E-state index in [-0.39, 0.29) is 6.42 Å². The van der Waals surface area contributed by atoms with Gasteiger partial charge in [-0.3, -0.25) is 4.79 Å². The highest BCUT2D eigenvalue weighted by Crippen LogP contribution is 2.20. The van der Waals surface area contributed by atoms with E-state index >= 15 is 0 Å². The summed E-state index contributed by atoms with van der Waals surface area (Å²) >= 11 is 0. The lowest BCUT2D eigenvalue weighted by Crippen LogP contribution is -1.99. The molecule has 4 nitrogen and oxygen atoms in total. The van der Waals surface area contributed by atoms with Gasteiger partial charge in [0.05, 0.1) is 12.1 Å². The first-order valence-corrected chi connectivity index (χ1v) is 6.44. The van der Waals surface area contributed by atoms with Crippen molar-refractivity contribution in [2.45, 2.75) is 32.6 Å². The molecule has 0 bridgehead atoms. The van der Waals surface area contributed by atoms with Crippen molar-refractivity contribution in [1.29, 1.82) is 0 Å². The minimum absolute atomic E-state index is 0.113. The van der Waals surface area contributed by atoms with Gasteiger partial charge >= 0.3 is 5.97 Å². The van der Waals surface area contributed by atoms with E-state index in [1.54, 1.807) is 0 Å². The first-order valence-electron chi connectivity index (χ1n) is 6.44. The third-order valence-electron chi connectivity index (χ3n) is 2.90. The van der Waals surface area contributed by atoms with Crippen molar-refractivity contribution >= 4 is 5.97 Å². The van der Waals surface area contributed by atoms with Gasteiger partial charge in [-0.15, -0.1) is 0 Å². The van der Waals surface area contributed by atoms with E-state index in [9.17, 15) is 4.79 Å². The van der Waals surface area contributed by atoms with Gasteiger partial charge in [0.15, 0.2) is 0 Å². The molecule has 0 fully saturated rings. The highest BCUT2D eigenvalue weighted by atomic mass is 16.4. The fourth-order valence-electron chi connectivity index (χ4n) is 1.87. The normalized spacial score (nSPS) is 10.6. The van der Waals surface area contributed by atoms with Gasteiger partial charge in [-0.1, -0.05) is 25.5 Å². The molecule has 4 heteroatoms. The van der Waals surface area contributed by atoms with E-state index in [0.29, 0.717) is 11.6 Å². The van der Waals surface area contributed by atoms with Crippen LogP contribution in [-0.4, -0.2) is 16.1 Å². The third-order valence-corrected chi connectivity index (χ3v) is 2.90. The Kier molecular flexibility index (Phi) is 4.34. The zero-order valence-electron chi connectivity index (χ0n) is 10.9. The lowest BCUT2D eigenvalue weighted by atomic mass is 10.1. The molecule has 0 radical (unpaired) electrons. The number of rotatable bonds is 6. The van der Waals surface area contributed by atoms with Gasteiger partial charge in [-0.05, 0) is 30.5 Å². The van der Waals surface area contributed by atoms with Crippen LogP contribution in [0.1, 0.15) is 31.0 Å². The number of carbonyl (C=O) groups is 1. The largest absolute Gasteiger partial charge is 0.481 e. The smallest absolute Gasteiger partial charge is 0.309 e. The molecular weight excluding hydrogens is 242 g/mol. The summed E-state index contributed by atoms with van der Waals surface area (Å²) in [5, 5.41) is 8.68. The number of aromatic nitrogens is 1. The fraction of sp³-hybridized carbons (Fsp3) is 0.333. The molecule has 0 atom stereocenters. The molecule has 0 aliphatic heterocycles. The molecule has 1 N–H and O–H groups in total. The molecule has 0 aliphatic carbocycles. The second-order valence-corrected chi connectivity index (χ2v) is 4.51. The van der Waals surface area contributed by atoms with E-state index in [1.807, 2.05) is 12.1 Å².